The number of phenols is 1. The topological polar surface area (TPSA) is 67.5 Å². The van der Waals surface area contributed by atoms with Gasteiger partial charge in [-0.25, -0.2) is 4.98 Å². The lowest BCUT2D eigenvalue weighted by atomic mass is 9.97. The molecule has 1 aromatic carbocycles. The van der Waals surface area contributed by atoms with E-state index in [0.717, 1.165) is 35.0 Å². The van der Waals surface area contributed by atoms with Crippen molar-refractivity contribution in [3.05, 3.63) is 56.4 Å². The molecule has 25 heavy (non-hydrogen) atoms. The van der Waals surface area contributed by atoms with Gasteiger partial charge in [-0.3, -0.25) is 4.79 Å². The third-order valence-corrected chi connectivity index (χ3v) is 5.79. The molecule has 0 aliphatic heterocycles. The fourth-order valence-electron chi connectivity index (χ4n) is 3.30. The Bertz CT molecular complexity index is 1030. The molecule has 2 heterocycles. The summed E-state index contributed by atoms with van der Waals surface area (Å²) in [5.74, 6) is 0.780. The minimum atomic E-state index is -0.104. The number of phenolic OH excluding ortho intramolecular Hbond substituents is 1. The predicted octanol–water partition coefficient (Wildman–Crippen LogP) is 3.49. The molecule has 0 fully saturated rings. The summed E-state index contributed by atoms with van der Waals surface area (Å²) >= 11 is 1.65. The van der Waals surface area contributed by atoms with Gasteiger partial charge in [0.05, 0.1) is 11.6 Å². The van der Waals surface area contributed by atoms with Crippen LogP contribution in [-0.2, 0) is 19.3 Å². The zero-order valence-corrected chi connectivity index (χ0v) is 14.8. The molecule has 5 nitrogen and oxygen atoms in total. The van der Waals surface area contributed by atoms with Crippen LogP contribution in [-0.4, -0.2) is 21.0 Å². The molecule has 0 bridgehead atoms. The van der Waals surface area contributed by atoms with Gasteiger partial charge in [-0.05, 0) is 43.4 Å². The lowest BCUT2D eigenvalue weighted by Gasteiger charge is -2.10. The summed E-state index contributed by atoms with van der Waals surface area (Å²) in [7, 11) is 0. The molecule has 0 amide bonds. The normalized spacial score (nSPS) is 14.3. The third-order valence-electron chi connectivity index (χ3n) is 4.60. The summed E-state index contributed by atoms with van der Waals surface area (Å²) in [6.07, 6.45) is 6.42. The fraction of sp³-hybridized carbons (Fsp3) is 0.316. The van der Waals surface area contributed by atoms with Crippen LogP contribution in [0.2, 0.25) is 0 Å². The van der Waals surface area contributed by atoms with E-state index in [-0.39, 0.29) is 11.3 Å². The smallest absolute Gasteiger partial charge is 0.283 e. The summed E-state index contributed by atoms with van der Waals surface area (Å²) in [6.45, 7) is 1.97. The van der Waals surface area contributed by atoms with Crippen molar-refractivity contribution in [1.29, 1.82) is 0 Å². The number of thiophene rings is 1. The molecule has 0 saturated heterocycles. The van der Waals surface area contributed by atoms with Crippen LogP contribution in [0, 0.1) is 0 Å². The summed E-state index contributed by atoms with van der Waals surface area (Å²) in [6, 6.07) is 6.93. The molecule has 0 saturated carbocycles. The number of hydrogen-bond acceptors (Lipinski definition) is 5. The van der Waals surface area contributed by atoms with Crippen molar-refractivity contribution in [2.45, 2.75) is 39.0 Å². The van der Waals surface area contributed by atoms with Crippen molar-refractivity contribution in [2.75, 3.05) is 0 Å². The van der Waals surface area contributed by atoms with Crippen LogP contribution in [0.15, 0.2) is 34.2 Å². The number of para-hydroxylation sites is 1. The van der Waals surface area contributed by atoms with Crippen LogP contribution in [0.5, 0.6) is 5.75 Å². The van der Waals surface area contributed by atoms with E-state index in [1.165, 1.54) is 22.2 Å². The van der Waals surface area contributed by atoms with E-state index in [9.17, 15) is 9.90 Å². The Kier molecular flexibility index (Phi) is 4.13. The molecular formula is C19H19N3O2S. The second kappa shape index (κ2) is 6.44. The Labute approximate surface area is 149 Å². The van der Waals surface area contributed by atoms with E-state index in [0.29, 0.717) is 17.8 Å². The summed E-state index contributed by atoms with van der Waals surface area (Å²) in [4.78, 5) is 19.9. The lowest BCUT2D eigenvalue weighted by molar-refractivity contribution is 0.474. The molecule has 0 spiro atoms. The van der Waals surface area contributed by atoms with Gasteiger partial charge in [-0.2, -0.15) is 9.78 Å². The van der Waals surface area contributed by atoms with Crippen molar-refractivity contribution in [3.63, 3.8) is 0 Å². The van der Waals surface area contributed by atoms with E-state index in [4.69, 9.17) is 4.98 Å². The molecule has 128 valence electrons. The highest BCUT2D eigenvalue weighted by atomic mass is 32.1. The van der Waals surface area contributed by atoms with E-state index in [2.05, 4.69) is 5.10 Å². The molecule has 3 aromatic rings. The van der Waals surface area contributed by atoms with E-state index in [1.807, 2.05) is 13.0 Å². The highest BCUT2D eigenvalue weighted by Crippen LogP contribution is 2.33. The SMILES string of the molecule is CCc1nc2sc3c(c2c(=O)n1N=Cc1ccccc1O)CCCC3. The van der Waals surface area contributed by atoms with Gasteiger partial charge in [0, 0.05) is 16.9 Å². The third kappa shape index (κ3) is 2.76. The fourth-order valence-corrected chi connectivity index (χ4v) is 4.57. The summed E-state index contributed by atoms with van der Waals surface area (Å²) < 4.78 is 1.39. The molecule has 0 atom stereocenters. The van der Waals surface area contributed by atoms with Crippen LogP contribution in [0.1, 0.15) is 41.6 Å². The number of fused-ring (bicyclic) bond motifs is 3. The maximum atomic E-state index is 13.1. The standard InChI is InChI=1S/C19H19N3O2S/c1-2-16-21-18-17(13-8-4-6-10-15(13)25-18)19(24)22(16)20-11-12-7-3-5-9-14(12)23/h3,5,7,9,11,23H,2,4,6,8,10H2,1H3. The Morgan fingerprint density at radius 1 is 1.32 bits per heavy atom. The van der Waals surface area contributed by atoms with Crippen molar-refractivity contribution in [1.82, 2.24) is 9.66 Å². The molecule has 6 heteroatoms. The molecule has 0 radical (unpaired) electrons. The molecule has 0 unspecified atom stereocenters. The van der Waals surface area contributed by atoms with Gasteiger partial charge in [0.2, 0.25) is 0 Å². The highest BCUT2D eigenvalue weighted by Gasteiger charge is 2.21. The number of nitrogens with zero attached hydrogens (tertiary/aromatic N) is 3. The van der Waals surface area contributed by atoms with Crippen LogP contribution >= 0.6 is 11.3 Å². The summed E-state index contributed by atoms with van der Waals surface area (Å²) in [5.41, 5.74) is 1.63. The molecule has 2 aromatic heterocycles. The van der Waals surface area contributed by atoms with Crippen molar-refractivity contribution in [3.8, 4) is 5.75 Å². The lowest BCUT2D eigenvalue weighted by Crippen LogP contribution is -2.22. The van der Waals surface area contributed by atoms with Crippen molar-refractivity contribution < 1.29 is 5.11 Å². The average Bonchev–Trinajstić information content (AvgIpc) is 3.00. The maximum absolute atomic E-state index is 13.1. The van der Waals surface area contributed by atoms with Gasteiger partial charge in [-0.1, -0.05) is 19.1 Å². The van der Waals surface area contributed by atoms with Crippen LogP contribution < -0.4 is 5.56 Å². The largest absolute Gasteiger partial charge is 0.507 e. The first-order valence-corrected chi connectivity index (χ1v) is 9.39. The minimum absolute atomic E-state index is 0.104. The maximum Gasteiger partial charge on any atom is 0.283 e. The second-order valence-corrected chi connectivity index (χ2v) is 7.28. The van der Waals surface area contributed by atoms with E-state index >= 15 is 0 Å². The second-order valence-electron chi connectivity index (χ2n) is 6.19. The zero-order chi connectivity index (χ0) is 17.4. The quantitative estimate of drug-likeness (QED) is 0.733. The van der Waals surface area contributed by atoms with Gasteiger partial charge in [0.15, 0.2) is 0 Å². The number of aryl methyl sites for hydroxylation is 3. The van der Waals surface area contributed by atoms with E-state index in [1.54, 1.807) is 29.5 Å². The average molecular weight is 353 g/mol. The number of rotatable bonds is 3. The molecule has 1 aliphatic rings. The molecular weight excluding hydrogens is 334 g/mol. The van der Waals surface area contributed by atoms with Gasteiger partial charge < -0.3 is 5.11 Å². The number of hydrogen-bond donors (Lipinski definition) is 1. The highest BCUT2D eigenvalue weighted by molar-refractivity contribution is 7.18. The van der Waals surface area contributed by atoms with Gasteiger partial charge in [0.25, 0.3) is 5.56 Å². The Morgan fingerprint density at radius 3 is 2.92 bits per heavy atom. The van der Waals surface area contributed by atoms with E-state index < -0.39 is 0 Å². The number of aromatic hydroxyl groups is 1. The summed E-state index contributed by atoms with van der Waals surface area (Å²) in [5, 5.41) is 15.0. The first-order chi connectivity index (χ1) is 12.2. The number of benzene rings is 1. The van der Waals surface area contributed by atoms with Crippen LogP contribution in [0.3, 0.4) is 0 Å². The minimum Gasteiger partial charge on any atom is -0.507 e. The molecule has 4 rings (SSSR count). The van der Waals surface area contributed by atoms with Gasteiger partial charge in [0.1, 0.15) is 16.4 Å². The Morgan fingerprint density at radius 2 is 2.12 bits per heavy atom. The van der Waals surface area contributed by atoms with Gasteiger partial charge >= 0.3 is 0 Å². The van der Waals surface area contributed by atoms with Crippen molar-refractivity contribution in [2.24, 2.45) is 5.10 Å². The Balaban J connectivity index is 1.89. The first-order valence-electron chi connectivity index (χ1n) is 8.57. The monoisotopic (exact) mass is 353 g/mol. The van der Waals surface area contributed by atoms with Crippen LogP contribution in [0.4, 0.5) is 0 Å². The molecule has 1 N–H and O–H groups in total. The van der Waals surface area contributed by atoms with Gasteiger partial charge in [-0.15, -0.1) is 11.3 Å². The zero-order valence-electron chi connectivity index (χ0n) is 14.0. The Hall–Kier alpha value is -2.47. The predicted molar refractivity (Wildman–Crippen MR) is 101 cm³/mol. The van der Waals surface area contributed by atoms with Crippen LogP contribution in [0.25, 0.3) is 10.2 Å². The van der Waals surface area contributed by atoms with Crippen molar-refractivity contribution >= 4 is 27.8 Å². The first kappa shape index (κ1) is 16.0. The molecule has 1 aliphatic carbocycles. The number of aromatic nitrogens is 2.